The van der Waals surface area contributed by atoms with Gasteiger partial charge >= 0.3 is 12.1 Å². The van der Waals surface area contributed by atoms with Crippen LogP contribution in [0.25, 0.3) is 10.2 Å². The van der Waals surface area contributed by atoms with Gasteiger partial charge in [0.2, 0.25) is 5.91 Å². The Morgan fingerprint density at radius 1 is 1.07 bits per heavy atom. The molecular formula is C53H68N4O13S. The molecular weight excluding hydrogens is 933 g/mol. The van der Waals surface area contributed by atoms with Crippen molar-refractivity contribution in [2.45, 2.75) is 174 Å². The molecule has 2 aromatic carbocycles. The van der Waals surface area contributed by atoms with Gasteiger partial charge in [0.05, 0.1) is 55.7 Å². The number of esters is 1. The zero-order valence-corrected chi connectivity index (χ0v) is 42.5. The lowest BCUT2D eigenvalue weighted by Gasteiger charge is -2.37. The molecule has 1 unspecified atom stereocenters. The lowest BCUT2D eigenvalue weighted by molar-refractivity contribution is -0.384. The minimum Gasteiger partial charge on any atom is -0.457 e. The number of nitro benzene ring substituents is 1. The number of nitrogens with zero attached hydrogens (tertiary/aromatic N) is 3. The van der Waals surface area contributed by atoms with Gasteiger partial charge in [0.25, 0.3) is 17.5 Å². The summed E-state index contributed by atoms with van der Waals surface area (Å²) in [5.41, 5.74) is -0.845. The number of imide groups is 1. The predicted octanol–water partition coefficient (Wildman–Crippen LogP) is 10.1. The zero-order valence-electron chi connectivity index (χ0n) is 41.6. The second-order valence-electron chi connectivity index (χ2n) is 20.0. The average Bonchev–Trinajstić information content (AvgIpc) is 3.58. The number of hydrogen-bond donors (Lipinski definition) is 2. The number of aliphatic hydroxyl groups is 1. The van der Waals surface area contributed by atoms with Gasteiger partial charge in [0, 0.05) is 37.1 Å². The summed E-state index contributed by atoms with van der Waals surface area (Å²) in [6.07, 6.45) is 6.48. The molecule has 2 saturated heterocycles. The fraction of sp³-hybridized carbons (Fsp3) is 0.566. The lowest BCUT2D eigenvalue weighted by atomic mass is 9.71. The normalized spacial score (nSPS) is 25.3. The number of Topliss-reactive ketones (excluding diaryl/α,β-unsaturated/α-hetero) is 1. The van der Waals surface area contributed by atoms with Crippen molar-refractivity contribution >= 4 is 68.6 Å². The van der Waals surface area contributed by atoms with Gasteiger partial charge in [-0.05, 0) is 81.2 Å². The number of thiazole rings is 1. The van der Waals surface area contributed by atoms with Crippen molar-refractivity contribution in [3.8, 4) is 0 Å². The number of hydrogen-bond acceptors (Lipinski definition) is 15. The number of anilines is 1. The summed E-state index contributed by atoms with van der Waals surface area (Å²) < 4.78 is 24.8. The summed E-state index contributed by atoms with van der Waals surface area (Å²) in [7, 11) is 0. The number of benzene rings is 2. The number of epoxide rings is 1. The number of allylic oxidation sites excluding steroid dienone is 1. The number of carbonyl (C=O) groups excluding carboxylic acids is 6. The SMILES string of the molecule is C=CC[C@H]1C(=O)C(C)(C)[C@@H](O)CC(=O)O[C@H](c2ccc3sc(C)nc3c2)C[C@@H]2O[C@]2(C)CCC[C@H](C)[C@@H]1OC(=O)OCc1ccc(NC(=O)CCC(CCCCCCC)N2C(=O)C=CC2=O)c([N+](=O)[O-])c1. The Morgan fingerprint density at radius 2 is 1.80 bits per heavy atom. The third-order valence-corrected chi connectivity index (χ3v) is 15.1. The molecule has 1 aromatic heterocycles. The first-order valence-electron chi connectivity index (χ1n) is 24.8. The van der Waals surface area contributed by atoms with Crippen molar-refractivity contribution in [2.75, 3.05) is 5.32 Å². The van der Waals surface area contributed by atoms with Crippen molar-refractivity contribution in [3.05, 3.63) is 87.5 Å². The molecule has 3 aromatic rings. The Balaban J connectivity index is 1.12. The third-order valence-electron chi connectivity index (χ3n) is 14.2. The minimum absolute atomic E-state index is 0.0655. The van der Waals surface area contributed by atoms with E-state index in [0.717, 1.165) is 52.9 Å². The molecule has 8 atom stereocenters. The molecule has 0 aliphatic carbocycles. The molecule has 6 rings (SSSR count). The molecule has 3 aliphatic heterocycles. The fourth-order valence-electron chi connectivity index (χ4n) is 9.76. The molecule has 3 amide bonds. The lowest BCUT2D eigenvalue weighted by Crippen LogP contribution is -2.47. The number of aryl methyl sites for hydroxylation is 1. The van der Waals surface area contributed by atoms with Crippen LogP contribution in [0.1, 0.15) is 147 Å². The van der Waals surface area contributed by atoms with E-state index in [1.165, 1.54) is 55.2 Å². The number of aliphatic hydroxyl groups excluding tert-OH is 1. The molecule has 4 heterocycles. The van der Waals surface area contributed by atoms with Gasteiger partial charge in [-0.1, -0.05) is 84.4 Å². The summed E-state index contributed by atoms with van der Waals surface area (Å²) >= 11 is 1.57. The summed E-state index contributed by atoms with van der Waals surface area (Å²) in [5.74, 6) is -4.01. The first-order chi connectivity index (χ1) is 33.7. The Labute approximate surface area is 418 Å². The average molecular weight is 1000 g/mol. The van der Waals surface area contributed by atoms with E-state index < -0.39 is 106 Å². The van der Waals surface area contributed by atoms with Gasteiger partial charge in [0.15, 0.2) is 0 Å². The summed E-state index contributed by atoms with van der Waals surface area (Å²) in [6, 6.07) is 9.21. The number of unbranched alkanes of at least 4 members (excludes halogenated alkanes) is 4. The maximum absolute atomic E-state index is 14.6. The largest absolute Gasteiger partial charge is 0.508 e. The molecule has 0 radical (unpaired) electrons. The van der Waals surface area contributed by atoms with Crippen LogP contribution in [0.2, 0.25) is 0 Å². The number of rotatable bonds is 18. The number of amides is 3. The second kappa shape index (κ2) is 24.0. The maximum atomic E-state index is 14.6. The van der Waals surface area contributed by atoms with Gasteiger partial charge < -0.3 is 29.4 Å². The van der Waals surface area contributed by atoms with Crippen LogP contribution < -0.4 is 5.32 Å². The quantitative estimate of drug-likeness (QED) is 0.0230. The molecule has 18 heteroatoms. The highest BCUT2D eigenvalue weighted by Crippen LogP contribution is 2.47. The first-order valence-corrected chi connectivity index (χ1v) is 25.6. The second-order valence-corrected chi connectivity index (χ2v) is 21.2. The molecule has 2 N–H and O–H groups in total. The van der Waals surface area contributed by atoms with Crippen molar-refractivity contribution in [3.63, 3.8) is 0 Å². The van der Waals surface area contributed by atoms with Crippen LogP contribution in [-0.2, 0) is 49.5 Å². The maximum Gasteiger partial charge on any atom is 0.508 e. The highest BCUT2D eigenvalue weighted by Gasteiger charge is 2.53. The number of ketones is 1. The van der Waals surface area contributed by atoms with Crippen LogP contribution in [0.15, 0.2) is 61.2 Å². The molecule has 0 saturated carbocycles. The number of aromatic nitrogens is 1. The minimum atomic E-state index is -1.52. The Hall–Kier alpha value is -5.85. The molecule has 71 heavy (non-hydrogen) atoms. The highest BCUT2D eigenvalue weighted by molar-refractivity contribution is 7.18. The zero-order chi connectivity index (χ0) is 51.6. The van der Waals surface area contributed by atoms with E-state index >= 15 is 0 Å². The van der Waals surface area contributed by atoms with Crippen LogP contribution >= 0.6 is 11.3 Å². The highest BCUT2D eigenvalue weighted by atomic mass is 32.1. The predicted molar refractivity (Wildman–Crippen MR) is 266 cm³/mol. The molecule has 384 valence electrons. The fourth-order valence-corrected chi connectivity index (χ4v) is 10.6. The van der Waals surface area contributed by atoms with Gasteiger partial charge in [-0.3, -0.25) is 39.0 Å². The number of nitro groups is 1. The van der Waals surface area contributed by atoms with Crippen molar-refractivity contribution in [1.82, 2.24) is 9.88 Å². The Morgan fingerprint density at radius 3 is 2.51 bits per heavy atom. The van der Waals surface area contributed by atoms with E-state index in [1.807, 2.05) is 39.0 Å². The first kappa shape index (κ1) is 54.5. The molecule has 2 fully saturated rings. The van der Waals surface area contributed by atoms with Crippen LogP contribution in [0.3, 0.4) is 0 Å². The van der Waals surface area contributed by atoms with Crippen LogP contribution in [-0.4, -0.2) is 85.5 Å². The van der Waals surface area contributed by atoms with E-state index in [2.05, 4.69) is 23.8 Å². The molecule has 17 nitrogen and oxygen atoms in total. The van der Waals surface area contributed by atoms with Crippen LogP contribution in [0.5, 0.6) is 0 Å². The number of fused-ring (bicyclic) bond motifs is 2. The Kier molecular flexibility index (Phi) is 18.5. The van der Waals surface area contributed by atoms with E-state index in [1.54, 1.807) is 11.3 Å². The van der Waals surface area contributed by atoms with E-state index in [4.69, 9.17) is 18.9 Å². The van der Waals surface area contributed by atoms with Gasteiger partial charge in [-0.2, -0.15) is 0 Å². The number of cyclic esters (lactones) is 1. The van der Waals surface area contributed by atoms with Crippen LogP contribution in [0.4, 0.5) is 16.2 Å². The number of nitrogens with one attached hydrogen (secondary N) is 1. The molecule has 0 bridgehead atoms. The van der Waals surface area contributed by atoms with E-state index in [9.17, 15) is 44.0 Å². The third kappa shape index (κ3) is 14.0. The Bertz CT molecular complexity index is 2490. The standard InChI is InChI=1S/C53H68N4O13S/c1-8-10-11-12-13-17-36(56-46(60)24-25-47(56)61)20-23-45(59)55-38-21-18-34(27-40(38)57(65)66)31-67-51(64)69-49-32(3)16-14-26-53(7)44(70-53)29-41(35-19-22-42-39(28-35)54-33(4)71-42)68-48(62)30-43(58)52(5,6)50(63)37(49)15-9-2/h9,18-19,21-22,24-25,27-28,32,36-37,41,43-44,49,58H,2,8,10-17,20,23,26,29-31H2,1,3-7H3,(H,55,59)/t32-,36?,37+,41-,43-,44-,49-,53+/m0/s1. The van der Waals surface area contributed by atoms with Gasteiger partial charge in [0.1, 0.15) is 30.3 Å². The van der Waals surface area contributed by atoms with Crippen molar-refractivity contribution < 1.29 is 57.7 Å². The van der Waals surface area contributed by atoms with Gasteiger partial charge in [-0.15, -0.1) is 17.9 Å². The van der Waals surface area contributed by atoms with E-state index in [-0.39, 0.29) is 36.6 Å². The summed E-state index contributed by atoms with van der Waals surface area (Å²) in [4.78, 5) is 97.4. The molecule has 3 aliphatic rings. The number of carbonyl (C=O) groups is 6. The summed E-state index contributed by atoms with van der Waals surface area (Å²) in [6.45, 7) is 14.4. The van der Waals surface area contributed by atoms with E-state index in [0.29, 0.717) is 32.1 Å². The van der Waals surface area contributed by atoms with Crippen molar-refractivity contribution in [1.29, 1.82) is 0 Å². The van der Waals surface area contributed by atoms with Crippen LogP contribution in [0, 0.1) is 34.3 Å². The van der Waals surface area contributed by atoms with Gasteiger partial charge in [-0.25, -0.2) is 9.78 Å². The summed E-state index contributed by atoms with van der Waals surface area (Å²) in [5, 5.41) is 27.3. The van der Waals surface area contributed by atoms with Crippen molar-refractivity contribution in [2.24, 2.45) is 17.3 Å². The topological polar surface area (TPSA) is 234 Å². The monoisotopic (exact) mass is 1000 g/mol. The number of ether oxygens (including phenoxy) is 4. The molecule has 0 spiro atoms. The smallest absolute Gasteiger partial charge is 0.457 e.